The summed E-state index contributed by atoms with van der Waals surface area (Å²) in [6.45, 7) is 6.28. The van der Waals surface area contributed by atoms with Crippen molar-refractivity contribution in [3.05, 3.63) is 0 Å². The Morgan fingerprint density at radius 1 is 1.64 bits per heavy atom. The van der Waals surface area contributed by atoms with Gasteiger partial charge in [-0.25, -0.2) is 0 Å². The Balaban J connectivity index is 0.000001000. The number of halogens is 2. The van der Waals surface area contributed by atoms with Gasteiger partial charge < -0.3 is 4.90 Å². The molecule has 0 N–H and O–H groups in total. The highest BCUT2D eigenvalue weighted by Gasteiger charge is 2.17. The Morgan fingerprint density at radius 3 is 2.64 bits per heavy atom. The molecule has 1 aliphatic rings. The maximum Gasteiger partial charge on any atom is 0.114 e. The second-order valence-electron chi connectivity index (χ2n) is 2.72. The van der Waals surface area contributed by atoms with Crippen LogP contribution in [0.25, 0.3) is 0 Å². The first kappa shape index (κ1) is 11.1. The van der Waals surface area contributed by atoms with Crippen molar-refractivity contribution in [3.63, 3.8) is 0 Å². The third-order valence-electron chi connectivity index (χ3n) is 1.71. The molecule has 11 heavy (non-hydrogen) atoms. The molecule has 0 saturated carbocycles. The third kappa shape index (κ3) is 2.53. The van der Waals surface area contributed by atoms with Crippen molar-refractivity contribution >= 4 is 29.8 Å². The van der Waals surface area contributed by atoms with Crippen LogP contribution in [0.3, 0.4) is 0 Å². The number of rotatable bonds is 2. The summed E-state index contributed by atoms with van der Waals surface area (Å²) in [4.78, 5) is 6.51. The van der Waals surface area contributed by atoms with E-state index in [9.17, 15) is 0 Å². The Hall–Kier alpha value is 0.0500. The number of hydrogen-bond donors (Lipinski definition) is 0. The first-order chi connectivity index (χ1) is 4.75. The number of nitrogens with zero attached hydrogens (tertiary/aromatic N) is 2. The van der Waals surface area contributed by atoms with Crippen molar-refractivity contribution < 1.29 is 0 Å². The molecule has 0 aliphatic carbocycles. The van der Waals surface area contributed by atoms with E-state index in [4.69, 9.17) is 11.6 Å². The predicted molar refractivity (Wildman–Crippen MR) is 52.1 cm³/mol. The molecule has 0 spiro atoms. The highest BCUT2D eigenvalue weighted by atomic mass is 35.5. The van der Waals surface area contributed by atoms with Crippen LogP contribution in [0.4, 0.5) is 0 Å². The summed E-state index contributed by atoms with van der Waals surface area (Å²) < 4.78 is 0. The minimum Gasteiger partial charge on any atom is -0.355 e. The lowest BCUT2D eigenvalue weighted by molar-refractivity contribution is 0.379. The second-order valence-corrected chi connectivity index (χ2v) is 2.99. The average molecular weight is 197 g/mol. The Morgan fingerprint density at radius 2 is 2.27 bits per heavy atom. The van der Waals surface area contributed by atoms with Crippen LogP contribution in [0, 0.1) is 0 Å². The Kier molecular flexibility index (Phi) is 4.86. The summed E-state index contributed by atoms with van der Waals surface area (Å²) in [5.41, 5.74) is 0. The van der Waals surface area contributed by atoms with Gasteiger partial charge in [-0.05, 0) is 13.8 Å². The van der Waals surface area contributed by atoms with Crippen LogP contribution in [-0.4, -0.2) is 35.7 Å². The average Bonchev–Trinajstić information content (AvgIpc) is 2.33. The zero-order chi connectivity index (χ0) is 7.56. The van der Waals surface area contributed by atoms with E-state index in [1.807, 2.05) is 0 Å². The maximum atomic E-state index is 5.67. The molecular weight excluding hydrogens is 183 g/mol. The highest BCUT2D eigenvalue weighted by Crippen LogP contribution is 2.07. The predicted octanol–water partition coefficient (Wildman–Crippen LogP) is 1.77. The molecule has 0 saturated heterocycles. The van der Waals surface area contributed by atoms with Crippen molar-refractivity contribution in [2.45, 2.75) is 19.9 Å². The standard InChI is InChI=1S/C7H13ClN2.ClH/c1-6(2)10-4-3-9-7(10)5-8;/h6H,3-5H2,1-2H3;1H. The van der Waals surface area contributed by atoms with Crippen LogP contribution in [0.1, 0.15) is 13.8 Å². The number of amidine groups is 1. The fourth-order valence-electron chi connectivity index (χ4n) is 1.18. The normalized spacial score (nSPS) is 16.7. The molecule has 2 nitrogen and oxygen atoms in total. The van der Waals surface area contributed by atoms with E-state index in [1.54, 1.807) is 0 Å². The summed E-state index contributed by atoms with van der Waals surface area (Å²) >= 11 is 5.67. The van der Waals surface area contributed by atoms with Crippen molar-refractivity contribution in [2.75, 3.05) is 19.0 Å². The van der Waals surface area contributed by atoms with Gasteiger partial charge in [0.15, 0.2) is 0 Å². The van der Waals surface area contributed by atoms with E-state index in [0.29, 0.717) is 11.9 Å². The van der Waals surface area contributed by atoms with E-state index in [-0.39, 0.29) is 12.4 Å². The zero-order valence-electron chi connectivity index (χ0n) is 6.88. The molecule has 1 aliphatic heterocycles. The molecule has 0 aromatic rings. The van der Waals surface area contributed by atoms with Crippen molar-refractivity contribution in [2.24, 2.45) is 4.99 Å². The number of alkyl halides is 1. The monoisotopic (exact) mass is 196 g/mol. The van der Waals surface area contributed by atoms with Crippen LogP contribution < -0.4 is 0 Å². The van der Waals surface area contributed by atoms with Crippen LogP contribution >= 0.6 is 24.0 Å². The fraction of sp³-hybridized carbons (Fsp3) is 0.857. The lowest BCUT2D eigenvalue weighted by Crippen LogP contribution is -2.34. The summed E-state index contributed by atoms with van der Waals surface area (Å²) in [6.07, 6.45) is 0. The van der Waals surface area contributed by atoms with E-state index in [1.165, 1.54) is 0 Å². The van der Waals surface area contributed by atoms with Crippen LogP contribution in [0.2, 0.25) is 0 Å². The van der Waals surface area contributed by atoms with Gasteiger partial charge in [0.2, 0.25) is 0 Å². The molecule has 1 heterocycles. The van der Waals surface area contributed by atoms with Crippen molar-refractivity contribution in [1.29, 1.82) is 0 Å². The molecule has 1 rings (SSSR count). The number of hydrogen-bond acceptors (Lipinski definition) is 2. The van der Waals surface area contributed by atoms with Gasteiger partial charge in [0.1, 0.15) is 5.84 Å². The topological polar surface area (TPSA) is 15.6 Å². The minimum absolute atomic E-state index is 0. The molecule has 0 aromatic heterocycles. The van der Waals surface area contributed by atoms with Crippen LogP contribution in [-0.2, 0) is 0 Å². The van der Waals surface area contributed by atoms with E-state index >= 15 is 0 Å². The zero-order valence-corrected chi connectivity index (χ0v) is 8.45. The summed E-state index contributed by atoms with van der Waals surface area (Å²) in [7, 11) is 0. The van der Waals surface area contributed by atoms with Gasteiger partial charge in [-0.2, -0.15) is 0 Å². The summed E-state index contributed by atoms with van der Waals surface area (Å²) in [6, 6.07) is 0.542. The maximum absolute atomic E-state index is 5.67. The molecule has 0 aromatic carbocycles. The SMILES string of the molecule is CC(C)N1CCN=C1CCl.Cl. The molecule has 66 valence electrons. The van der Waals surface area contributed by atoms with Crippen LogP contribution in [0.15, 0.2) is 4.99 Å². The van der Waals surface area contributed by atoms with Gasteiger partial charge >= 0.3 is 0 Å². The lowest BCUT2D eigenvalue weighted by Gasteiger charge is -2.23. The summed E-state index contributed by atoms with van der Waals surface area (Å²) in [5, 5.41) is 0. The Labute approximate surface area is 79.0 Å². The van der Waals surface area contributed by atoms with Gasteiger partial charge in [0, 0.05) is 12.6 Å². The molecule has 0 bridgehead atoms. The van der Waals surface area contributed by atoms with Crippen LogP contribution in [0.5, 0.6) is 0 Å². The minimum atomic E-state index is 0. The first-order valence-electron chi connectivity index (χ1n) is 3.61. The van der Waals surface area contributed by atoms with Gasteiger partial charge in [0.25, 0.3) is 0 Å². The van der Waals surface area contributed by atoms with Gasteiger partial charge in [-0.1, -0.05) is 0 Å². The molecule has 4 heteroatoms. The van der Waals surface area contributed by atoms with Gasteiger partial charge in [-0.3, -0.25) is 4.99 Å². The molecular formula is C7H14Cl2N2. The van der Waals surface area contributed by atoms with Gasteiger partial charge in [0.05, 0.1) is 12.4 Å². The second kappa shape index (κ2) is 4.83. The van der Waals surface area contributed by atoms with Crippen molar-refractivity contribution in [3.8, 4) is 0 Å². The molecule has 0 unspecified atom stereocenters. The fourth-order valence-corrected chi connectivity index (χ4v) is 1.42. The van der Waals surface area contributed by atoms with Crippen molar-refractivity contribution in [1.82, 2.24) is 4.90 Å². The van der Waals surface area contributed by atoms with E-state index in [2.05, 4.69) is 23.7 Å². The largest absolute Gasteiger partial charge is 0.355 e. The van der Waals surface area contributed by atoms with E-state index in [0.717, 1.165) is 18.9 Å². The quantitative estimate of drug-likeness (QED) is 0.616. The first-order valence-corrected chi connectivity index (χ1v) is 4.15. The summed E-state index contributed by atoms with van der Waals surface area (Å²) in [5.74, 6) is 1.61. The Bertz CT molecular complexity index is 145. The lowest BCUT2D eigenvalue weighted by atomic mass is 10.3. The van der Waals surface area contributed by atoms with E-state index < -0.39 is 0 Å². The molecule has 0 atom stereocenters. The number of aliphatic imine (C=N–C) groups is 1. The molecule has 0 amide bonds. The third-order valence-corrected chi connectivity index (χ3v) is 1.95. The molecule has 0 fully saturated rings. The smallest absolute Gasteiger partial charge is 0.114 e. The van der Waals surface area contributed by atoms with Gasteiger partial charge in [-0.15, -0.1) is 24.0 Å². The molecule has 0 radical (unpaired) electrons. The highest BCUT2D eigenvalue weighted by molar-refractivity contribution is 6.28.